The minimum absolute atomic E-state index is 0.192. The van der Waals surface area contributed by atoms with Crippen molar-refractivity contribution < 1.29 is 23.7 Å². The van der Waals surface area contributed by atoms with Gasteiger partial charge >= 0.3 is 5.97 Å². The summed E-state index contributed by atoms with van der Waals surface area (Å²) in [5.41, 5.74) is 1.87. The third kappa shape index (κ3) is 7.43. The summed E-state index contributed by atoms with van der Waals surface area (Å²) in [6, 6.07) is 30.3. The first-order chi connectivity index (χ1) is 16.7. The van der Waals surface area contributed by atoms with Crippen LogP contribution in [0.25, 0.3) is 0 Å². The van der Waals surface area contributed by atoms with Crippen LogP contribution in [0.5, 0.6) is 0 Å². The van der Waals surface area contributed by atoms with Crippen LogP contribution in [0.15, 0.2) is 95.9 Å². The highest BCUT2D eigenvalue weighted by atomic mass is 32.2. The Hall–Kier alpha value is -2.64. The highest BCUT2D eigenvalue weighted by Gasteiger charge is 2.41. The fraction of sp³-hybridized carbons (Fsp3) is 0.321. The molecular weight excluding hydrogens is 448 g/mol. The molecule has 1 fully saturated rings. The fourth-order valence-electron chi connectivity index (χ4n) is 3.83. The van der Waals surface area contributed by atoms with Crippen LogP contribution < -0.4 is 0 Å². The van der Waals surface area contributed by atoms with Crippen LogP contribution in [0.4, 0.5) is 0 Å². The second-order valence-corrected chi connectivity index (χ2v) is 9.36. The Balaban J connectivity index is 1.54. The van der Waals surface area contributed by atoms with Crippen molar-refractivity contribution in [3.05, 3.63) is 102 Å². The monoisotopic (exact) mass is 478 g/mol. The smallest absolute Gasteiger partial charge is 0.302 e. The summed E-state index contributed by atoms with van der Waals surface area (Å²) in [6.45, 7) is 2.53. The van der Waals surface area contributed by atoms with Gasteiger partial charge in [-0.3, -0.25) is 4.79 Å². The van der Waals surface area contributed by atoms with E-state index in [0.29, 0.717) is 19.6 Å². The minimum atomic E-state index is -0.319. The third-order valence-corrected chi connectivity index (χ3v) is 6.67. The Labute approximate surface area is 205 Å². The van der Waals surface area contributed by atoms with Gasteiger partial charge in [0.2, 0.25) is 0 Å². The van der Waals surface area contributed by atoms with Crippen molar-refractivity contribution in [2.45, 2.75) is 55.2 Å². The van der Waals surface area contributed by atoms with Gasteiger partial charge in [0, 0.05) is 18.2 Å². The Bertz CT molecular complexity index is 999. The van der Waals surface area contributed by atoms with E-state index < -0.39 is 0 Å². The van der Waals surface area contributed by atoms with E-state index in [1.165, 1.54) is 6.92 Å². The summed E-state index contributed by atoms with van der Waals surface area (Å²) >= 11 is 1.60. The molecule has 1 aliphatic heterocycles. The molecule has 4 rings (SSSR count). The van der Waals surface area contributed by atoms with E-state index in [4.69, 9.17) is 18.9 Å². The molecule has 1 saturated heterocycles. The van der Waals surface area contributed by atoms with Crippen LogP contribution in [0.2, 0.25) is 0 Å². The first-order valence-corrected chi connectivity index (χ1v) is 12.4. The van der Waals surface area contributed by atoms with E-state index >= 15 is 0 Å². The summed E-state index contributed by atoms with van der Waals surface area (Å²) in [5, 5.41) is 0. The van der Waals surface area contributed by atoms with E-state index in [-0.39, 0.29) is 36.3 Å². The van der Waals surface area contributed by atoms with Gasteiger partial charge in [-0.15, -0.1) is 0 Å². The molecule has 1 aliphatic rings. The molecule has 6 heteroatoms. The van der Waals surface area contributed by atoms with E-state index in [9.17, 15) is 4.79 Å². The maximum Gasteiger partial charge on any atom is 0.302 e. The fourth-order valence-corrected chi connectivity index (χ4v) is 5.01. The zero-order chi connectivity index (χ0) is 23.6. The summed E-state index contributed by atoms with van der Waals surface area (Å²) in [7, 11) is 0. The summed E-state index contributed by atoms with van der Waals surface area (Å²) in [5.74, 6) is -0.319. The van der Waals surface area contributed by atoms with Crippen LogP contribution in [-0.2, 0) is 37.0 Å². The van der Waals surface area contributed by atoms with E-state index in [1.807, 2.05) is 78.9 Å². The average molecular weight is 479 g/mol. The second kappa shape index (κ2) is 12.7. The molecule has 0 aromatic heterocycles. The van der Waals surface area contributed by atoms with Crippen LogP contribution in [0, 0.1) is 0 Å². The number of benzene rings is 3. The second-order valence-electron chi connectivity index (χ2n) is 8.19. The largest absolute Gasteiger partial charge is 0.463 e. The van der Waals surface area contributed by atoms with Gasteiger partial charge in [0.05, 0.1) is 25.4 Å². The molecule has 0 unspecified atom stereocenters. The van der Waals surface area contributed by atoms with Gasteiger partial charge in [-0.25, -0.2) is 0 Å². The summed E-state index contributed by atoms with van der Waals surface area (Å²) in [6.07, 6.45) is -0.226. The van der Waals surface area contributed by atoms with E-state index in [2.05, 4.69) is 12.1 Å². The number of hydrogen-bond acceptors (Lipinski definition) is 6. The maximum atomic E-state index is 11.4. The number of thioether (sulfide) groups is 1. The normalized spacial score (nSPS) is 22.3. The topological polar surface area (TPSA) is 54.0 Å². The lowest BCUT2D eigenvalue weighted by molar-refractivity contribution is -0.193. The molecule has 0 spiro atoms. The molecule has 3 aromatic rings. The molecule has 1 heterocycles. The van der Waals surface area contributed by atoms with Crippen molar-refractivity contribution in [2.24, 2.45) is 0 Å². The van der Waals surface area contributed by atoms with Gasteiger partial charge in [0.1, 0.15) is 18.1 Å². The molecule has 0 saturated carbocycles. The molecule has 0 aliphatic carbocycles. The van der Waals surface area contributed by atoms with Gasteiger partial charge in [-0.2, -0.15) is 0 Å². The molecule has 5 nitrogen and oxygen atoms in total. The number of esters is 1. The lowest BCUT2D eigenvalue weighted by atomic mass is 10.0. The van der Waals surface area contributed by atoms with Gasteiger partial charge < -0.3 is 18.9 Å². The van der Waals surface area contributed by atoms with Crippen molar-refractivity contribution in [3.8, 4) is 0 Å². The molecule has 0 bridgehead atoms. The molecule has 178 valence electrons. The standard InChI is InChI=1S/C28H30O5S/c1-21(29)30-20-24-17-26(31-18-22-11-5-2-6-12-22)27(32-19-23-13-7-3-8-14-23)28(33-24)34-25-15-9-4-10-16-25/h2-16,24,26-28H,17-20H2,1H3/t24-,26-,27+,28-/m0/s1. The number of ether oxygens (including phenoxy) is 4. The van der Waals surface area contributed by atoms with E-state index in [0.717, 1.165) is 16.0 Å². The van der Waals surface area contributed by atoms with Crippen molar-refractivity contribution in [2.75, 3.05) is 6.61 Å². The average Bonchev–Trinajstić information content (AvgIpc) is 2.87. The van der Waals surface area contributed by atoms with Gasteiger partial charge in [-0.1, -0.05) is 90.6 Å². The van der Waals surface area contributed by atoms with Gasteiger partial charge in [-0.05, 0) is 23.3 Å². The molecule has 34 heavy (non-hydrogen) atoms. The Morgan fingerprint density at radius 1 is 0.853 bits per heavy atom. The lowest BCUT2D eigenvalue weighted by Crippen LogP contribution is -2.50. The van der Waals surface area contributed by atoms with Crippen molar-refractivity contribution >= 4 is 17.7 Å². The first kappa shape index (κ1) is 24.5. The van der Waals surface area contributed by atoms with Crippen LogP contribution in [0.1, 0.15) is 24.5 Å². The quantitative estimate of drug-likeness (QED) is 0.352. The molecule has 4 atom stereocenters. The lowest BCUT2D eigenvalue weighted by Gasteiger charge is -2.41. The predicted molar refractivity (Wildman–Crippen MR) is 132 cm³/mol. The van der Waals surface area contributed by atoms with Crippen molar-refractivity contribution in [3.63, 3.8) is 0 Å². The molecule has 0 amide bonds. The molecular formula is C28H30O5S. The van der Waals surface area contributed by atoms with E-state index in [1.54, 1.807) is 11.8 Å². The zero-order valence-corrected chi connectivity index (χ0v) is 20.1. The Kier molecular flexibility index (Phi) is 9.16. The Morgan fingerprint density at radius 2 is 1.41 bits per heavy atom. The van der Waals surface area contributed by atoms with Crippen LogP contribution in [0.3, 0.4) is 0 Å². The first-order valence-electron chi connectivity index (χ1n) is 11.5. The zero-order valence-electron chi connectivity index (χ0n) is 19.2. The summed E-state index contributed by atoms with van der Waals surface area (Å²) < 4.78 is 24.6. The number of carbonyl (C=O) groups excluding carboxylic acids is 1. The van der Waals surface area contributed by atoms with Crippen molar-refractivity contribution in [1.82, 2.24) is 0 Å². The molecule has 0 radical (unpaired) electrons. The van der Waals surface area contributed by atoms with Crippen LogP contribution in [-0.4, -0.2) is 36.3 Å². The highest BCUT2D eigenvalue weighted by molar-refractivity contribution is 7.99. The SMILES string of the molecule is CC(=O)OC[C@@H]1C[C@H](OCc2ccccc2)[C@@H](OCc2ccccc2)[C@H](Sc2ccccc2)O1. The minimum Gasteiger partial charge on any atom is -0.463 e. The third-order valence-electron chi connectivity index (χ3n) is 5.52. The molecule has 0 N–H and O–H groups in total. The van der Waals surface area contributed by atoms with Crippen molar-refractivity contribution in [1.29, 1.82) is 0 Å². The van der Waals surface area contributed by atoms with Crippen LogP contribution >= 0.6 is 11.8 Å². The van der Waals surface area contributed by atoms with Gasteiger partial charge in [0.15, 0.2) is 0 Å². The Morgan fingerprint density at radius 3 is 2.00 bits per heavy atom. The summed E-state index contributed by atoms with van der Waals surface area (Å²) in [4.78, 5) is 12.5. The van der Waals surface area contributed by atoms with Gasteiger partial charge in [0.25, 0.3) is 0 Å². The number of hydrogen-bond donors (Lipinski definition) is 0. The predicted octanol–water partition coefficient (Wildman–Crippen LogP) is 5.63. The number of carbonyl (C=O) groups is 1. The number of rotatable bonds is 10. The maximum absolute atomic E-state index is 11.4. The molecule has 3 aromatic carbocycles. The highest BCUT2D eigenvalue weighted by Crippen LogP contribution is 2.36.